The van der Waals surface area contributed by atoms with Gasteiger partial charge in [-0.25, -0.2) is 0 Å². The second-order valence-corrected chi connectivity index (χ2v) is 5.31. The lowest BCUT2D eigenvalue weighted by Gasteiger charge is -2.07. The fraction of sp³-hybridized carbons (Fsp3) is 0.0833. The molecule has 0 aliphatic carbocycles. The summed E-state index contributed by atoms with van der Waals surface area (Å²) in [6.45, 7) is 0.534. The molecule has 0 radical (unpaired) electrons. The Hall–Kier alpha value is -0.620. The summed E-state index contributed by atoms with van der Waals surface area (Å²) in [5, 5.41) is 0. The standard InChI is InChI=1S/C12H9BrINO/c13-10-5-9(6-15-7-10)8-16-12-4-2-1-3-11(12)14/h1-7H,8H2. The molecule has 0 saturated carbocycles. The highest BCUT2D eigenvalue weighted by Crippen LogP contribution is 2.21. The number of aromatic nitrogens is 1. The first kappa shape index (κ1) is 11.9. The molecule has 0 bridgehead atoms. The van der Waals surface area contributed by atoms with Gasteiger partial charge in [0.2, 0.25) is 0 Å². The molecule has 0 N–H and O–H groups in total. The molecule has 0 fully saturated rings. The molecule has 0 spiro atoms. The van der Waals surface area contributed by atoms with Crippen LogP contribution in [-0.2, 0) is 6.61 Å². The molecule has 0 aliphatic heterocycles. The minimum Gasteiger partial charge on any atom is -0.488 e. The molecular formula is C12H9BrINO. The van der Waals surface area contributed by atoms with E-state index in [1.165, 1.54) is 0 Å². The average Bonchev–Trinajstić information content (AvgIpc) is 2.28. The summed E-state index contributed by atoms with van der Waals surface area (Å²) in [5.74, 6) is 0.906. The number of rotatable bonds is 3. The number of hydrogen-bond acceptors (Lipinski definition) is 2. The number of ether oxygens (including phenoxy) is 1. The Morgan fingerprint density at radius 3 is 2.81 bits per heavy atom. The van der Waals surface area contributed by atoms with E-state index in [0.29, 0.717) is 6.61 Å². The van der Waals surface area contributed by atoms with Gasteiger partial charge in [-0.2, -0.15) is 0 Å². The van der Waals surface area contributed by atoms with Gasteiger partial charge in [0.25, 0.3) is 0 Å². The third-order valence-electron chi connectivity index (χ3n) is 1.99. The van der Waals surface area contributed by atoms with Crippen molar-refractivity contribution < 1.29 is 4.74 Å². The molecular weight excluding hydrogens is 381 g/mol. The van der Waals surface area contributed by atoms with Gasteiger partial charge in [0.05, 0.1) is 3.57 Å². The molecule has 16 heavy (non-hydrogen) atoms. The minimum atomic E-state index is 0.534. The summed E-state index contributed by atoms with van der Waals surface area (Å²) >= 11 is 5.64. The highest BCUT2D eigenvalue weighted by atomic mass is 127. The Bertz CT molecular complexity index is 490. The van der Waals surface area contributed by atoms with E-state index in [4.69, 9.17) is 4.74 Å². The Morgan fingerprint density at radius 1 is 1.25 bits per heavy atom. The summed E-state index contributed by atoms with van der Waals surface area (Å²) in [6.07, 6.45) is 3.57. The van der Waals surface area contributed by atoms with Gasteiger partial charge in [0, 0.05) is 22.4 Å². The average molecular weight is 390 g/mol. The lowest BCUT2D eigenvalue weighted by atomic mass is 10.3. The molecule has 1 aromatic carbocycles. The minimum absolute atomic E-state index is 0.534. The van der Waals surface area contributed by atoms with Crippen LogP contribution >= 0.6 is 38.5 Å². The predicted molar refractivity (Wildman–Crippen MR) is 75.4 cm³/mol. The van der Waals surface area contributed by atoms with E-state index in [2.05, 4.69) is 43.5 Å². The number of hydrogen-bond donors (Lipinski definition) is 0. The maximum atomic E-state index is 5.71. The predicted octanol–water partition coefficient (Wildman–Crippen LogP) is 4.03. The molecule has 0 aliphatic rings. The Morgan fingerprint density at radius 2 is 2.06 bits per heavy atom. The highest BCUT2D eigenvalue weighted by Gasteiger charge is 2.00. The molecule has 0 amide bonds. The van der Waals surface area contributed by atoms with E-state index in [9.17, 15) is 0 Å². The van der Waals surface area contributed by atoms with Crippen molar-refractivity contribution in [1.29, 1.82) is 0 Å². The van der Waals surface area contributed by atoms with Crippen molar-refractivity contribution in [3.8, 4) is 5.75 Å². The zero-order valence-electron chi connectivity index (χ0n) is 8.36. The summed E-state index contributed by atoms with van der Waals surface area (Å²) in [5.41, 5.74) is 1.05. The van der Waals surface area contributed by atoms with Crippen LogP contribution in [0.4, 0.5) is 0 Å². The van der Waals surface area contributed by atoms with Crippen molar-refractivity contribution in [2.45, 2.75) is 6.61 Å². The van der Waals surface area contributed by atoms with Gasteiger partial charge in [0.1, 0.15) is 12.4 Å². The van der Waals surface area contributed by atoms with Gasteiger partial charge in [-0.05, 0) is 56.7 Å². The van der Waals surface area contributed by atoms with E-state index in [0.717, 1.165) is 19.4 Å². The number of halogens is 2. The lowest BCUT2D eigenvalue weighted by molar-refractivity contribution is 0.303. The van der Waals surface area contributed by atoms with Crippen molar-refractivity contribution in [3.63, 3.8) is 0 Å². The number of nitrogens with zero attached hydrogens (tertiary/aromatic N) is 1. The molecule has 2 rings (SSSR count). The van der Waals surface area contributed by atoms with Gasteiger partial charge in [0.15, 0.2) is 0 Å². The number of pyridine rings is 1. The quantitative estimate of drug-likeness (QED) is 0.739. The van der Waals surface area contributed by atoms with Gasteiger partial charge in [-0.1, -0.05) is 12.1 Å². The van der Waals surface area contributed by atoms with Crippen LogP contribution in [0.3, 0.4) is 0 Å². The molecule has 0 atom stereocenters. The first-order chi connectivity index (χ1) is 7.75. The number of para-hydroxylation sites is 1. The van der Waals surface area contributed by atoms with Crippen LogP contribution in [0.5, 0.6) is 5.75 Å². The highest BCUT2D eigenvalue weighted by molar-refractivity contribution is 14.1. The summed E-state index contributed by atoms with van der Waals surface area (Å²) in [7, 11) is 0. The zero-order chi connectivity index (χ0) is 11.4. The van der Waals surface area contributed by atoms with Crippen LogP contribution in [0.2, 0.25) is 0 Å². The maximum absolute atomic E-state index is 5.71. The van der Waals surface area contributed by atoms with Crippen LogP contribution < -0.4 is 4.74 Å². The lowest BCUT2D eigenvalue weighted by Crippen LogP contribution is -1.97. The third kappa shape index (κ3) is 3.18. The normalized spacial score (nSPS) is 10.1. The van der Waals surface area contributed by atoms with Gasteiger partial charge in [-0.15, -0.1) is 0 Å². The first-order valence-corrected chi connectivity index (χ1v) is 6.59. The van der Waals surface area contributed by atoms with Gasteiger partial charge in [-0.3, -0.25) is 4.98 Å². The summed E-state index contributed by atoms with van der Waals surface area (Å²) in [6, 6.07) is 9.96. The third-order valence-corrected chi connectivity index (χ3v) is 3.32. The van der Waals surface area contributed by atoms with Gasteiger partial charge < -0.3 is 4.74 Å². The maximum Gasteiger partial charge on any atom is 0.133 e. The summed E-state index contributed by atoms with van der Waals surface area (Å²) in [4.78, 5) is 4.09. The van der Waals surface area contributed by atoms with Crippen molar-refractivity contribution in [1.82, 2.24) is 4.98 Å². The van der Waals surface area contributed by atoms with Crippen LogP contribution in [0.1, 0.15) is 5.56 Å². The Labute approximate surface area is 116 Å². The molecule has 2 aromatic rings. The van der Waals surface area contributed by atoms with E-state index >= 15 is 0 Å². The first-order valence-electron chi connectivity index (χ1n) is 4.72. The van der Waals surface area contributed by atoms with Crippen LogP contribution in [0.25, 0.3) is 0 Å². The fourth-order valence-electron chi connectivity index (χ4n) is 1.26. The smallest absolute Gasteiger partial charge is 0.133 e. The second kappa shape index (κ2) is 5.63. The zero-order valence-corrected chi connectivity index (χ0v) is 12.1. The molecule has 1 aromatic heterocycles. The van der Waals surface area contributed by atoms with Gasteiger partial charge >= 0.3 is 0 Å². The number of benzene rings is 1. The Kier molecular flexibility index (Phi) is 4.17. The summed E-state index contributed by atoms with van der Waals surface area (Å²) < 4.78 is 7.79. The largest absolute Gasteiger partial charge is 0.488 e. The van der Waals surface area contributed by atoms with Crippen LogP contribution in [-0.4, -0.2) is 4.98 Å². The molecule has 4 heteroatoms. The van der Waals surface area contributed by atoms with E-state index in [1.54, 1.807) is 12.4 Å². The topological polar surface area (TPSA) is 22.1 Å². The second-order valence-electron chi connectivity index (χ2n) is 3.23. The van der Waals surface area contributed by atoms with E-state index in [-0.39, 0.29) is 0 Å². The van der Waals surface area contributed by atoms with E-state index in [1.807, 2.05) is 30.3 Å². The monoisotopic (exact) mass is 389 g/mol. The van der Waals surface area contributed by atoms with E-state index < -0.39 is 0 Å². The molecule has 1 heterocycles. The molecule has 0 unspecified atom stereocenters. The molecule has 82 valence electrons. The fourth-order valence-corrected chi connectivity index (χ4v) is 2.21. The van der Waals surface area contributed by atoms with Crippen LogP contribution in [0.15, 0.2) is 47.2 Å². The van der Waals surface area contributed by atoms with Crippen molar-refractivity contribution in [2.24, 2.45) is 0 Å². The SMILES string of the molecule is Brc1cncc(COc2ccccc2I)c1. The van der Waals surface area contributed by atoms with Crippen molar-refractivity contribution in [3.05, 3.63) is 56.3 Å². The van der Waals surface area contributed by atoms with Crippen LogP contribution in [0, 0.1) is 3.57 Å². The molecule has 0 saturated heterocycles. The molecule has 2 nitrogen and oxygen atoms in total. The van der Waals surface area contributed by atoms with Crippen molar-refractivity contribution >= 4 is 38.5 Å². The Balaban J connectivity index is 2.05. The van der Waals surface area contributed by atoms with Crippen molar-refractivity contribution in [2.75, 3.05) is 0 Å².